The molecule has 0 bridgehead atoms. The Bertz CT molecular complexity index is 1150. The van der Waals surface area contributed by atoms with Gasteiger partial charge in [-0.1, -0.05) is 42.5 Å². The van der Waals surface area contributed by atoms with Gasteiger partial charge in [-0.05, 0) is 31.0 Å². The van der Waals surface area contributed by atoms with Crippen molar-refractivity contribution in [3.05, 3.63) is 82.8 Å². The molecule has 2 aliphatic heterocycles. The van der Waals surface area contributed by atoms with Crippen LogP contribution >= 0.6 is 0 Å². The summed E-state index contributed by atoms with van der Waals surface area (Å²) in [5.74, 6) is -1.34. The Hall–Kier alpha value is -3.72. The fourth-order valence-electron chi connectivity index (χ4n) is 4.64. The summed E-state index contributed by atoms with van der Waals surface area (Å²) in [5.41, 5.74) is 1.82. The fourth-order valence-corrected chi connectivity index (χ4v) is 4.64. The summed E-state index contributed by atoms with van der Waals surface area (Å²) in [7, 11) is 1.64. The van der Waals surface area contributed by atoms with Gasteiger partial charge in [-0.2, -0.15) is 0 Å². The number of amides is 3. The number of urea groups is 1. The van der Waals surface area contributed by atoms with Gasteiger partial charge in [0.05, 0.1) is 23.8 Å². The SMILES string of the molecule is CCOC(=O)C1=C(CN2CCCN(C(=O)c3ccccc3F)CC2)N(C)C(=O)N[C@H]1c1ccccc1. The summed E-state index contributed by atoms with van der Waals surface area (Å²) in [5, 5.41) is 2.92. The van der Waals surface area contributed by atoms with Crippen molar-refractivity contribution in [3.8, 4) is 0 Å². The molecule has 1 saturated heterocycles. The Morgan fingerprint density at radius 1 is 1.03 bits per heavy atom. The van der Waals surface area contributed by atoms with Crippen LogP contribution in [0.25, 0.3) is 0 Å². The van der Waals surface area contributed by atoms with Crippen LogP contribution in [0.2, 0.25) is 0 Å². The number of nitrogens with one attached hydrogen (secondary N) is 1. The van der Waals surface area contributed by atoms with Gasteiger partial charge in [0.15, 0.2) is 0 Å². The van der Waals surface area contributed by atoms with Crippen molar-refractivity contribution >= 4 is 17.9 Å². The van der Waals surface area contributed by atoms with E-state index in [4.69, 9.17) is 4.74 Å². The smallest absolute Gasteiger partial charge is 0.338 e. The summed E-state index contributed by atoms with van der Waals surface area (Å²) in [6.45, 7) is 4.38. The van der Waals surface area contributed by atoms with Crippen LogP contribution in [0.3, 0.4) is 0 Å². The van der Waals surface area contributed by atoms with E-state index in [1.54, 1.807) is 31.0 Å². The van der Waals surface area contributed by atoms with Gasteiger partial charge in [0.1, 0.15) is 5.82 Å². The first-order valence-electron chi connectivity index (χ1n) is 12.2. The topological polar surface area (TPSA) is 82.2 Å². The third-order valence-electron chi connectivity index (χ3n) is 6.56. The fraction of sp³-hybridized carbons (Fsp3) is 0.370. The molecule has 2 heterocycles. The van der Waals surface area contributed by atoms with Crippen LogP contribution in [0.1, 0.15) is 35.3 Å². The van der Waals surface area contributed by atoms with E-state index in [9.17, 15) is 18.8 Å². The lowest BCUT2D eigenvalue weighted by Crippen LogP contribution is -2.49. The molecule has 8 nitrogen and oxygen atoms in total. The van der Waals surface area contributed by atoms with Crippen molar-refractivity contribution in [3.63, 3.8) is 0 Å². The summed E-state index contributed by atoms with van der Waals surface area (Å²) >= 11 is 0. The molecular formula is C27H31FN4O4. The molecule has 1 atom stereocenters. The zero-order valence-corrected chi connectivity index (χ0v) is 20.6. The summed E-state index contributed by atoms with van der Waals surface area (Å²) < 4.78 is 19.6. The molecule has 2 aromatic carbocycles. The van der Waals surface area contributed by atoms with E-state index in [0.29, 0.717) is 50.4 Å². The Morgan fingerprint density at radius 3 is 2.47 bits per heavy atom. The van der Waals surface area contributed by atoms with E-state index in [0.717, 1.165) is 5.56 Å². The highest BCUT2D eigenvalue weighted by atomic mass is 19.1. The third kappa shape index (κ3) is 5.41. The van der Waals surface area contributed by atoms with Gasteiger partial charge in [0, 0.05) is 45.5 Å². The minimum atomic E-state index is -0.630. The second kappa shape index (κ2) is 11.3. The van der Waals surface area contributed by atoms with Crippen LogP contribution in [0.4, 0.5) is 9.18 Å². The van der Waals surface area contributed by atoms with Crippen molar-refractivity contribution < 1.29 is 23.5 Å². The average molecular weight is 495 g/mol. The number of benzene rings is 2. The number of nitrogens with zero attached hydrogens (tertiary/aromatic N) is 3. The van der Waals surface area contributed by atoms with E-state index >= 15 is 0 Å². The van der Waals surface area contributed by atoms with Crippen molar-refractivity contribution in [1.29, 1.82) is 0 Å². The standard InChI is InChI=1S/C27H31FN4O4/c1-3-36-26(34)23-22(30(2)27(35)29-24(23)19-10-5-4-6-11-19)18-31-14-9-15-32(17-16-31)25(33)20-12-7-8-13-21(20)28/h4-8,10-13,24H,3,9,14-18H2,1-2H3,(H,29,35)/t24-/m0/s1. The lowest BCUT2D eigenvalue weighted by atomic mass is 9.94. The van der Waals surface area contributed by atoms with Gasteiger partial charge >= 0.3 is 12.0 Å². The normalized spacial score (nSPS) is 19.1. The highest BCUT2D eigenvalue weighted by Gasteiger charge is 2.37. The second-order valence-corrected chi connectivity index (χ2v) is 8.83. The highest BCUT2D eigenvalue weighted by molar-refractivity contribution is 5.95. The molecule has 0 aliphatic carbocycles. The minimum absolute atomic E-state index is 0.0626. The molecule has 190 valence electrons. The van der Waals surface area contributed by atoms with Crippen LogP contribution in [0, 0.1) is 5.82 Å². The Labute approximate surface area is 210 Å². The van der Waals surface area contributed by atoms with Crippen LogP contribution in [0.5, 0.6) is 0 Å². The molecule has 2 aromatic rings. The number of esters is 1. The molecule has 1 N–H and O–H groups in total. The Balaban J connectivity index is 1.58. The summed E-state index contributed by atoms with van der Waals surface area (Å²) in [6, 6.07) is 14.4. The van der Waals surface area contributed by atoms with E-state index in [2.05, 4.69) is 10.2 Å². The van der Waals surface area contributed by atoms with Gasteiger partial charge < -0.3 is 15.0 Å². The number of ether oxygens (including phenoxy) is 1. The van der Waals surface area contributed by atoms with Gasteiger partial charge in [-0.3, -0.25) is 14.6 Å². The lowest BCUT2D eigenvalue weighted by molar-refractivity contribution is -0.139. The maximum atomic E-state index is 14.2. The van der Waals surface area contributed by atoms with Gasteiger partial charge in [0.25, 0.3) is 5.91 Å². The molecule has 36 heavy (non-hydrogen) atoms. The number of rotatable bonds is 6. The van der Waals surface area contributed by atoms with Crippen LogP contribution in [-0.2, 0) is 9.53 Å². The lowest BCUT2D eigenvalue weighted by Gasteiger charge is -2.36. The van der Waals surface area contributed by atoms with E-state index in [1.807, 2.05) is 30.3 Å². The molecule has 2 aliphatic rings. The van der Waals surface area contributed by atoms with Crippen LogP contribution in [-0.4, -0.2) is 79.0 Å². The number of hydrogen-bond acceptors (Lipinski definition) is 5. The molecule has 0 aromatic heterocycles. The number of likely N-dealkylation sites (N-methyl/N-ethyl adjacent to an activating group) is 1. The van der Waals surface area contributed by atoms with Crippen LogP contribution < -0.4 is 5.32 Å². The number of hydrogen-bond donors (Lipinski definition) is 1. The van der Waals surface area contributed by atoms with Crippen molar-refractivity contribution in [2.75, 3.05) is 46.4 Å². The predicted molar refractivity (Wildman–Crippen MR) is 132 cm³/mol. The van der Waals surface area contributed by atoms with Crippen molar-refractivity contribution in [2.24, 2.45) is 0 Å². The molecule has 0 radical (unpaired) electrons. The number of halogens is 1. The molecule has 1 fully saturated rings. The van der Waals surface area contributed by atoms with Crippen molar-refractivity contribution in [2.45, 2.75) is 19.4 Å². The summed E-state index contributed by atoms with van der Waals surface area (Å²) in [4.78, 5) is 44.1. The first-order chi connectivity index (χ1) is 17.4. The average Bonchev–Trinajstić information content (AvgIpc) is 3.13. The zero-order chi connectivity index (χ0) is 25.7. The summed E-state index contributed by atoms with van der Waals surface area (Å²) in [6.07, 6.45) is 0.681. The molecule has 4 rings (SSSR count). The maximum absolute atomic E-state index is 14.2. The van der Waals surface area contributed by atoms with Gasteiger partial charge in [-0.15, -0.1) is 0 Å². The number of carbonyl (C=O) groups is 3. The molecule has 0 saturated carbocycles. The molecule has 0 spiro atoms. The molecular weight excluding hydrogens is 463 g/mol. The van der Waals surface area contributed by atoms with E-state index in [-0.39, 0.29) is 24.1 Å². The monoisotopic (exact) mass is 494 g/mol. The van der Waals surface area contributed by atoms with Crippen LogP contribution in [0.15, 0.2) is 65.9 Å². The zero-order valence-electron chi connectivity index (χ0n) is 20.6. The Morgan fingerprint density at radius 2 is 1.75 bits per heavy atom. The van der Waals surface area contributed by atoms with E-state index < -0.39 is 17.8 Å². The van der Waals surface area contributed by atoms with Crippen molar-refractivity contribution in [1.82, 2.24) is 20.0 Å². The van der Waals surface area contributed by atoms with E-state index in [1.165, 1.54) is 17.0 Å². The number of carbonyl (C=O) groups excluding carboxylic acids is 3. The molecule has 9 heteroatoms. The Kier molecular flexibility index (Phi) is 8.00. The molecule has 3 amide bonds. The predicted octanol–water partition coefficient (Wildman–Crippen LogP) is 3.19. The minimum Gasteiger partial charge on any atom is -0.463 e. The maximum Gasteiger partial charge on any atom is 0.338 e. The van der Waals surface area contributed by atoms with Gasteiger partial charge in [0.2, 0.25) is 0 Å². The third-order valence-corrected chi connectivity index (χ3v) is 6.56. The highest BCUT2D eigenvalue weighted by Crippen LogP contribution is 2.31. The second-order valence-electron chi connectivity index (χ2n) is 8.83. The quantitative estimate of drug-likeness (QED) is 0.624. The first-order valence-corrected chi connectivity index (χ1v) is 12.2. The first kappa shape index (κ1) is 25.4. The largest absolute Gasteiger partial charge is 0.463 e. The van der Waals surface area contributed by atoms with Gasteiger partial charge in [-0.25, -0.2) is 14.0 Å². The molecule has 0 unspecified atom stereocenters.